The maximum atomic E-state index is 12.1. The molecule has 1 rings (SSSR count). The Morgan fingerprint density at radius 2 is 0.889 bits per heavy atom. The van der Waals surface area contributed by atoms with Crippen molar-refractivity contribution in [3.8, 4) is 0 Å². The molecule has 0 bridgehead atoms. The Hall–Kier alpha value is -1.28. The molecule has 8 heteroatoms. The molecule has 0 heterocycles. The highest BCUT2D eigenvalue weighted by Gasteiger charge is 2.41. The van der Waals surface area contributed by atoms with E-state index in [1.54, 1.807) is 0 Å². The van der Waals surface area contributed by atoms with Crippen LogP contribution < -0.4 is 0 Å². The number of halogens is 6. The van der Waals surface area contributed by atoms with Gasteiger partial charge >= 0.3 is 12.4 Å². The second-order valence-corrected chi connectivity index (χ2v) is 3.55. The van der Waals surface area contributed by atoms with Gasteiger partial charge in [-0.05, 0) is 11.1 Å². The zero-order chi connectivity index (χ0) is 14.1. The average Bonchev–Trinajstić information content (AvgIpc) is 2.25. The van der Waals surface area contributed by atoms with Crippen molar-refractivity contribution in [2.45, 2.75) is 24.6 Å². The summed E-state index contributed by atoms with van der Waals surface area (Å²) in [6.07, 6.45) is -15.3. The molecule has 0 saturated carbocycles. The van der Waals surface area contributed by atoms with E-state index in [1.807, 2.05) is 0 Å². The highest BCUT2D eigenvalue weighted by molar-refractivity contribution is 5.27. The van der Waals surface area contributed by atoms with Crippen LogP contribution in [0.3, 0.4) is 0 Å². The molecule has 0 unspecified atom stereocenters. The molecule has 18 heavy (non-hydrogen) atoms. The predicted octanol–water partition coefficient (Wildman–Crippen LogP) is 2.88. The van der Waals surface area contributed by atoms with Crippen LogP contribution in [0.25, 0.3) is 0 Å². The molecule has 0 aromatic heterocycles. The third kappa shape index (κ3) is 3.36. The molecule has 0 amide bonds. The molecule has 2 atom stereocenters. The van der Waals surface area contributed by atoms with E-state index < -0.39 is 35.7 Å². The van der Waals surface area contributed by atoms with E-state index in [0.29, 0.717) is 24.3 Å². The molecule has 0 aliphatic rings. The molecule has 2 nitrogen and oxygen atoms in total. The Morgan fingerprint density at radius 1 is 0.667 bits per heavy atom. The Labute approximate surface area is 97.5 Å². The van der Waals surface area contributed by atoms with Crippen LogP contribution in [-0.2, 0) is 0 Å². The van der Waals surface area contributed by atoms with Crippen molar-refractivity contribution < 1.29 is 36.6 Å². The van der Waals surface area contributed by atoms with Gasteiger partial charge < -0.3 is 10.2 Å². The summed E-state index contributed by atoms with van der Waals surface area (Å²) < 4.78 is 72.6. The lowest BCUT2D eigenvalue weighted by molar-refractivity contribution is -0.208. The standard InChI is InChI=1S/C10H8F6O2/c11-9(12,13)7(17)5-1-2-6(4-3-5)8(18)10(14,15)16/h1-4,7-8,17-18H/t7-,8+. The smallest absolute Gasteiger partial charge is 0.379 e. The Kier molecular flexibility index (Phi) is 3.92. The number of alkyl halides is 6. The molecule has 0 aliphatic carbocycles. The fraction of sp³-hybridized carbons (Fsp3) is 0.400. The second-order valence-electron chi connectivity index (χ2n) is 3.55. The number of aliphatic hydroxyl groups is 2. The van der Waals surface area contributed by atoms with Crippen molar-refractivity contribution in [2.75, 3.05) is 0 Å². The Morgan fingerprint density at radius 3 is 1.06 bits per heavy atom. The first-order chi connectivity index (χ1) is 8.03. The van der Waals surface area contributed by atoms with Gasteiger partial charge in [-0.1, -0.05) is 24.3 Å². The number of hydrogen-bond donors (Lipinski definition) is 2. The van der Waals surface area contributed by atoms with Gasteiger partial charge in [0.2, 0.25) is 0 Å². The second kappa shape index (κ2) is 4.77. The van der Waals surface area contributed by atoms with Gasteiger partial charge in [0, 0.05) is 0 Å². The molecule has 0 spiro atoms. The number of rotatable bonds is 2. The molecule has 102 valence electrons. The zero-order valence-electron chi connectivity index (χ0n) is 8.63. The minimum Gasteiger partial charge on any atom is -0.379 e. The lowest BCUT2D eigenvalue weighted by Crippen LogP contribution is -2.21. The summed E-state index contributed by atoms with van der Waals surface area (Å²) in [7, 11) is 0. The largest absolute Gasteiger partial charge is 0.418 e. The van der Waals surface area contributed by atoms with Crippen molar-refractivity contribution in [1.82, 2.24) is 0 Å². The SMILES string of the molecule is O[C@H](c1ccc([C@H](O)C(F)(F)F)cc1)C(F)(F)F. The van der Waals surface area contributed by atoms with Crippen molar-refractivity contribution in [3.05, 3.63) is 35.4 Å². The van der Waals surface area contributed by atoms with Crippen molar-refractivity contribution in [1.29, 1.82) is 0 Å². The van der Waals surface area contributed by atoms with E-state index >= 15 is 0 Å². The van der Waals surface area contributed by atoms with Gasteiger partial charge in [-0.3, -0.25) is 0 Å². The molecule has 0 aliphatic heterocycles. The van der Waals surface area contributed by atoms with Crippen LogP contribution in [0.15, 0.2) is 24.3 Å². The Balaban J connectivity index is 2.94. The van der Waals surface area contributed by atoms with Gasteiger partial charge in [0.05, 0.1) is 0 Å². The van der Waals surface area contributed by atoms with Gasteiger partial charge in [0.15, 0.2) is 12.2 Å². The molecule has 1 aromatic rings. The third-order valence-corrected chi connectivity index (χ3v) is 2.19. The first kappa shape index (κ1) is 14.8. The summed E-state index contributed by atoms with van der Waals surface area (Å²) in [5.41, 5.74) is -1.19. The summed E-state index contributed by atoms with van der Waals surface area (Å²) in [6.45, 7) is 0. The monoisotopic (exact) mass is 274 g/mol. The summed E-state index contributed by atoms with van der Waals surface area (Å²) in [5, 5.41) is 17.7. The molecular weight excluding hydrogens is 266 g/mol. The average molecular weight is 274 g/mol. The maximum absolute atomic E-state index is 12.1. The van der Waals surface area contributed by atoms with E-state index in [-0.39, 0.29) is 0 Å². The van der Waals surface area contributed by atoms with Crippen LogP contribution in [0, 0.1) is 0 Å². The predicted molar refractivity (Wildman–Crippen MR) is 48.5 cm³/mol. The van der Waals surface area contributed by atoms with Crippen LogP contribution >= 0.6 is 0 Å². The van der Waals surface area contributed by atoms with E-state index in [4.69, 9.17) is 10.2 Å². The van der Waals surface area contributed by atoms with E-state index in [0.717, 1.165) is 0 Å². The highest BCUT2D eigenvalue weighted by Crippen LogP contribution is 2.35. The van der Waals surface area contributed by atoms with E-state index in [1.165, 1.54) is 0 Å². The molecular formula is C10H8F6O2. The summed E-state index contributed by atoms with van der Waals surface area (Å²) in [6, 6.07) is 2.73. The van der Waals surface area contributed by atoms with Gasteiger partial charge in [-0.25, -0.2) is 0 Å². The van der Waals surface area contributed by atoms with E-state index in [2.05, 4.69) is 0 Å². The first-order valence-corrected chi connectivity index (χ1v) is 4.63. The normalized spacial score (nSPS) is 16.4. The molecule has 2 N–H and O–H groups in total. The Bertz CT molecular complexity index is 355. The van der Waals surface area contributed by atoms with Crippen LogP contribution in [0.2, 0.25) is 0 Å². The lowest BCUT2D eigenvalue weighted by atomic mass is 10.0. The van der Waals surface area contributed by atoms with Crippen LogP contribution in [-0.4, -0.2) is 22.6 Å². The van der Waals surface area contributed by atoms with Crippen molar-refractivity contribution in [3.63, 3.8) is 0 Å². The topological polar surface area (TPSA) is 40.5 Å². The van der Waals surface area contributed by atoms with Crippen LogP contribution in [0.5, 0.6) is 0 Å². The van der Waals surface area contributed by atoms with Crippen LogP contribution in [0.1, 0.15) is 23.3 Å². The molecule has 0 saturated heterocycles. The van der Waals surface area contributed by atoms with Gasteiger partial charge in [0.1, 0.15) is 0 Å². The van der Waals surface area contributed by atoms with Crippen molar-refractivity contribution >= 4 is 0 Å². The molecule has 1 aromatic carbocycles. The van der Waals surface area contributed by atoms with Gasteiger partial charge in [-0.15, -0.1) is 0 Å². The number of aliphatic hydroxyl groups excluding tert-OH is 2. The molecule has 0 radical (unpaired) electrons. The fourth-order valence-electron chi connectivity index (χ4n) is 1.24. The number of benzene rings is 1. The quantitative estimate of drug-likeness (QED) is 0.814. The highest BCUT2D eigenvalue weighted by atomic mass is 19.4. The minimum absolute atomic E-state index is 0.597. The van der Waals surface area contributed by atoms with Crippen molar-refractivity contribution in [2.24, 2.45) is 0 Å². The summed E-state index contributed by atoms with van der Waals surface area (Å²) in [4.78, 5) is 0. The maximum Gasteiger partial charge on any atom is 0.418 e. The van der Waals surface area contributed by atoms with E-state index in [9.17, 15) is 26.3 Å². The molecule has 0 fully saturated rings. The summed E-state index contributed by atoms with van der Waals surface area (Å²) in [5.74, 6) is 0. The zero-order valence-corrected chi connectivity index (χ0v) is 8.63. The summed E-state index contributed by atoms with van der Waals surface area (Å²) >= 11 is 0. The lowest BCUT2D eigenvalue weighted by Gasteiger charge is -2.17. The van der Waals surface area contributed by atoms with Crippen LogP contribution in [0.4, 0.5) is 26.3 Å². The van der Waals surface area contributed by atoms with Gasteiger partial charge in [0.25, 0.3) is 0 Å². The first-order valence-electron chi connectivity index (χ1n) is 4.63. The minimum atomic E-state index is -4.90. The van der Waals surface area contributed by atoms with Gasteiger partial charge in [-0.2, -0.15) is 26.3 Å². The fourth-order valence-corrected chi connectivity index (χ4v) is 1.24. The number of hydrogen-bond acceptors (Lipinski definition) is 2. The third-order valence-electron chi connectivity index (χ3n) is 2.19.